The average Bonchev–Trinajstić information content (AvgIpc) is 2.47. The third-order valence-electron chi connectivity index (χ3n) is 3.60. The van der Waals surface area contributed by atoms with Gasteiger partial charge in [0.05, 0.1) is 22.3 Å². The number of rotatable bonds is 2. The Morgan fingerprint density at radius 2 is 1.83 bits per heavy atom. The molecule has 0 aliphatic carbocycles. The highest BCUT2D eigenvalue weighted by atomic mass is 79.9. The van der Waals surface area contributed by atoms with Crippen LogP contribution in [-0.2, 0) is 0 Å². The van der Waals surface area contributed by atoms with Crippen molar-refractivity contribution in [2.45, 2.75) is 6.92 Å². The number of carboxylic acids is 1. The lowest BCUT2D eigenvalue weighted by Crippen LogP contribution is -2.06. The van der Waals surface area contributed by atoms with E-state index in [1.54, 1.807) is 18.2 Å². The Labute approximate surface area is 138 Å². The molecule has 0 saturated carbocycles. The van der Waals surface area contributed by atoms with Crippen LogP contribution in [0.15, 0.2) is 40.9 Å². The van der Waals surface area contributed by atoms with Gasteiger partial charge in [0.25, 0.3) is 0 Å². The topological polar surface area (TPSA) is 50.2 Å². The molecular weight excluding hydrogens is 368 g/mol. The van der Waals surface area contributed by atoms with Gasteiger partial charge in [-0.05, 0) is 42.8 Å². The molecule has 0 aliphatic heterocycles. The normalized spacial score (nSPS) is 11.0. The maximum atomic E-state index is 14.1. The first-order chi connectivity index (χ1) is 10.9. The van der Waals surface area contributed by atoms with Crippen molar-refractivity contribution in [3.8, 4) is 11.3 Å². The summed E-state index contributed by atoms with van der Waals surface area (Å²) in [5, 5.41) is 9.94. The molecule has 0 saturated heterocycles. The number of carbonyl (C=O) groups is 1. The van der Waals surface area contributed by atoms with Gasteiger partial charge >= 0.3 is 5.97 Å². The Kier molecular flexibility index (Phi) is 3.85. The number of pyridine rings is 1. The highest BCUT2D eigenvalue weighted by Crippen LogP contribution is 2.33. The van der Waals surface area contributed by atoms with Gasteiger partial charge in [-0.2, -0.15) is 0 Å². The fourth-order valence-electron chi connectivity index (χ4n) is 2.57. The smallest absolute Gasteiger partial charge is 0.336 e. The SMILES string of the molecule is Cc1c(-c2c(F)cccc2F)nc2ccc(Br)cc2c1C(=O)O. The molecule has 2 aromatic carbocycles. The predicted octanol–water partition coefficient (Wildman–Crippen LogP) is 4.95. The van der Waals surface area contributed by atoms with Crippen molar-refractivity contribution >= 4 is 32.8 Å². The Morgan fingerprint density at radius 3 is 2.43 bits per heavy atom. The summed E-state index contributed by atoms with van der Waals surface area (Å²) < 4.78 is 28.8. The first-order valence-electron chi connectivity index (χ1n) is 6.67. The lowest BCUT2D eigenvalue weighted by atomic mass is 9.97. The summed E-state index contributed by atoms with van der Waals surface area (Å²) >= 11 is 3.29. The zero-order valence-corrected chi connectivity index (χ0v) is 13.5. The second-order valence-electron chi connectivity index (χ2n) is 5.02. The van der Waals surface area contributed by atoms with Crippen LogP contribution >= 0.6 is 15.9 Å². The summed E-state index contributed by atoms with van der Waals surface area (Å²) in [4.78, 5) is 16.0. The fourth-order valence-corrected chi connectivity index (χ4v) is 2.93. The molecule has 1 heterocycles. The van der Waals surface area contributed by atoms with E-state index in [4.69, 9.17) is 0 Å². The van der Waals surface area contributed by atoms with Gasteiger partial charge in [-0.3, -0.25) is 0 Å². The summed E-state index contributed by atoms with van der Waals surface area (Å²) in [5.74, 6) is -2.74. The van der Waals surface area contributed by atoms with Crippen molar-refractivity contribution in [3.05, 3.63) is 63.6 Å². The fraction of sp³-hybridized carbons (Fsp3) is 0.0588. The van der Waals surface area contributed by atoms with E-state index in [0.29, 0.717) is 15.4 Å². The third-order valence-corrected chi connectivity index (χ3v) is 4.10. The molecule has 23 heavy (non-hydrogen) atoms. The number of aromatic carboxylic acids is 1. The predicted molar refractivity (Wildman–Crippen MR) is 86.5 cm³/mol. The van der Waals surface area contributed by atoms with Crippen molar-refractivity contribution in [1.29, 1.82) is 0 Å². The summed E-state index contributed by atoms with van der Waals surface area (Å²) in [6.07, 6.45) is 0. The molecule has 1 N–H and O–H groups in total. The van der Waals surface area contributed by atoms with E-state index in [0.717, 1.165) is 12.1 Å². The zero-order valence-electron chi connectivity index (χ0n) is 11.9. The van der Waals surface area contributed by atoms with Crippen LogP contribution in [0.25, 0.3) is 22.2 Å². The molecule has 0 fully saturated rings. The maximum Gasteiger partial charge on any atom is 0.336 e. The minimum Gasteiger partial charge on any atom is -0.478 e. The molecule has 3 nitrogen and oxygen atoms in total. The monoisotopic (exact) mass is 377 g/mol. The lowest BCUT2D eigenvalue weighted by molar-refractivity contribution is 0.0698. The second-order valence-corrected chi connectivity index (χ2v) is 5.94. The van der Waals surface area contributed by atoms with Crippen LogP contribution < -0.4 is 0 Å². The Morgan fingerprint density at radius 1 is 1.17 bits per heavy atom. The minimum absolute atomic E-state index is 0.00665. The highest BCUT2D eigenvalue weighted by molar-refractivity contribution is 9.10. The van der Waals surface area contributed by atoms with Crippen LogP contribution in [0.4, 0.5) is 8.78 Å². The molecule has 0 bridgehead atoms. The van der Waals surface area contributed by atoms with Crippen LogP contribution in [0.2, 0.25) is 0 Å². The number of aromatic nitrogens is 1. The molecule has 116 valence electrons. The van der Waals surface area contributed by atoms with Crippen LogP contribution in [0.5, 0.6) is 0 Å². The van der Waals surface area contributed by atoms with Gasteiger partial charge in [-0.15, -0.1) is 0 Å². The summed E-state index contributed by atoms with van der Waals surface area (Å²) in [6.45, 7) is 1.50. The number of nitrogens with zero attached hydrogens (tertiary/aromatic N) is 1. The highest BCUT2D eigenvalue weighted by Gasteiger charge is 2.22. The van der Waals surface area contributed by atoms with Gasteiger partial charge in [-0.25, -0.2) is 18.6 Å². The number of hydrogen-bond donors (Lipinski definition) is 1. The van der Waals surface area contributed by atoms with Crippen LogP contribution in [-0.4, -0.2) is 16.1 Å². The van der Waals surface area contributed by atoms with Gasteiger partial charge < -0.3 is 5.11 Å². The second kappa shape index (κ2) is 5.70. The zero-order chi connectivity index (χ0) is 16.7. The van der Waals surface area contributed by atoms with E-state index >= 15 is 0 Å². The van der Waals surface area contributed by atoms with Crippen LogP contribution in [0.3, 0.4) is 0 Å². The minimum atomic E-state index is -1.18. The molecule has 3 rings (SSSR count). The Hall–Kier alpha value is -2.34. The number of carboxylic acid groups (broad SMARTS) is 1. The van der Waals surface area contributed by atoms with Crippen molar-refractivity contribution < 1.29 is 18.7 Å². The summed E-state index contributed by atoms with van der Waals surface area (Å²) in [5.41, 5.74) is 0.222. The molecule has 0 aliphatic rings. The van der Waals surface area contributed by atoms with E-state index < -0.39 is 17.6 Å². The molecular formula is C17H10BrF2NO2. The van der Waals surface area contributed by atoms with E-state index in [9.17, 15) is 18.7 Å². The molecule has 6 heteroatoms. The molecule has 3 aromatic rings. The van der Waals surface area contributed by atoms with E-state index in [1.165, 1.54) is 13.0 Å². The standard InChI is InChI=1S/C17H10BrF2NO2/c1-8-14(17(22)23)10-7-9(18)5-6-13(10)21-16(8)15-11(19)3-2-4-12(15)20/h2-7H,1H3,(H,22,23). The van der Waals surface area contributed by atoms with Crippen molar-refractivity contribution in [2.24, 2.45) is 0 Å². The van der Waals surface area contributed by atoms with Gasteiger partial charge in [0.2, 0.25) is 0 Å². The molecule has 0 atom stereocenters. The number of fused-ring (bicyclic) bond motifs is 1. The summed E-state index contributed by atoms with van der Waals surface area (Å²) in [6, 6.07) is 8.41. The van der Waals surface area contributed by atoms with Gasteiger partial charge in [0.15, 0.2) is 0 Å². The number of hydrogen-bond acceptors (Lipinski definition) is 2. The number of benzene rings is 2. The average molecular weight is 378 g/mol. The quantitative estimate of drug-likeness (QED) is 0.687. The van der Waals surface area contributed by atoms with Crippen LogP contribution in [0.1, 0.15) is 15.9 Å². The maximum absolute atomic E-state index is 14.1. The number of halogens is 3. The summed E-state index contributed by atoms with van der Waals surface area (Å²) in [7, 11) is 0. The van der Waals surface area contributed by atoms with E-state index in [2.05, 4.69) is 20.9 Å². The van der Waals surface area contributed by atoms with E-state index in [-0.39, 0.29) is 22.4 Å². The van der Waals surface area contributed by atoms with Crippen molar-refractivity contribution in [2.75, 3.05) is 0 Å². The Balaban J connectivity index is 2.46. The van der Waals surface area contributed by atoms with Crippen LogP contribution in [0, 0.1) is 18.6 Å². The van der Waals surface area contributed by atoms with Gasteiger partial charge in [-0.1, -0.05) is 22.0 Å². The molecule has 0 amide bonds. The molecule has 0 unspecified atom stereocenters. The van der Waals surface area contributed by atoms with Crippen molar-refractivity contribution in [3.63, 3.8) is 0 Å². The van der Waals surface area contributed by atoms with E-state index in [1.807, 2.05) is 0 Å². The first-order valence-corrected chi connectivity index (χ1v) is 7.47. The third kappa shape index (κ3) is 2.59. The van der Waals surface area contributed by atoms with Crippen molar-refractivity contribution in [1.82, 2.24) is 4.98 Å². The Bertz CT molecular complexity index is 937. The lowest BCUT2D eigenvalue weighted by Gasteiger charge is -2.13. The molecule has 0 radical (unpaired) electrons. The molecule has 1 aromatic heterocycles. The first kappa shape index (κ1) is 15.6. The molecule has 0 spiro atoms. The van der Waals surface area contributed by atoms with Gasteiger partial charge in [0.1, 0.15) is 11.6 Å². The van der Waals surface area contributed by atoms with Gasteiger partial charge in [0, 0.05) is 9.86 Å². The largest absolute Gasteiger partial charge is 0.478 e.